The molecule has 3 aromatic carbocycles. The van der Waals surface area contributed by atoms with Crippen LogP contribution in [-0.2, 0) is 12.7 Å². The number of urea groups is 1. The summed E-state index contributed by atoms with van der Waals surface area (Å²) >= 11 is 3.51. The van der Waals surface area contributed by atoms with E-state index in [1.54, 1.807) is 28.9 Å². The zero-order chi connectivity index (χ0) is 27.6. The first-order valence-electron chi connectivity index (χ1n) is 11.9. The van der Waals surface area contributed by atoms with Crippen molar-refractivity contribution in [2.45, 2.75) is 19.6 Å². The average molecular weight is 595 g/mol. The number of alkyl halides is 3. The lowest BCUT2D eigenvalue weighted by Crippen LogP contribution is -2.22. The molecule has 2 amide bonds. The smallest absolute Gasteiger partial charge is 0.366 e. The number of anilines is 3. The molecule has 0 fully saturated rings. The van der Waals surface area contributed by atoms with Crippen LogP contribution in [0.1, 0.15) is 16.7 Å². The number of hydrogen-bond donors (Lipinski definition) is 3. The summed E-state index contributed by atoms with van der Waals surface area (Å²) < 4.78 is 42.2. The SMILES string of the molecule is Cc1ccccc1-c1cc(NCc2cccc(NC(=O)Nc3ccccc3C(F)(F)F)c2)n2ncc(Br)c2n1. The van der Waals surface area contributed by atoms with Gasteiger partial charge in [-0.1, -0.05) is 48.5 Å². The van der Waals surface area contributed by atoms with Crippen molar-refractivity contribution in [1.29, 1.82) is 0 Å². The van der Waals surface area contributed by atoms with E-state index in [1.165, 1.54) is 18.2 Å². The predicted octanol–water partition coefficient (Wildman–Crippen LogP) is 7.74. The Morgan fingerprint density at radius 2 is 1.74 bits per heavy atom. The first-order chi connectivity index (χ1) is 18.7. The monoisotopic (exact) mass is 594 g/mol. The molecule has 2 aromatic heterocycles. The molecule has 0 spiro atoms. The maximum atomic E-state index is 13.3. The van der Waals surface area contributed by atoms with Gasteiger partial charge in [0.25, 0.3) is 0 Å². The molecule has 0 unspecified atom stereocenters. The van der Waals surface area contributed by atoms with Crippen molar-refractivity contribution in [3.8, 4) is 11.3 Å². The molecule has 198 valence electrons. The normalized spacial score (nSPS) is 11.4. The zero-order valence-corrected chi connectivity index (χ0v) is 22.1. The van der Waals surface area contributed by atoms with Gasteiger partial charge in [0.2, 0.25) is 0 Å². The molecule has 5 aromatic rings. The third-order valence-corrected chi connectivity index (χ3v) is 6.55. The molecule has 0 bridgehead atoms. The number of benzene rings is 3. The van der Waals surface area contributed by atoms with Gasteiger partial charge in [0.15, 0.2) is 5.65 Å². The molecule has 0 saturated heterocycles. The number of nitrogens with one attached hydrogen (secondary N) is 3. The van der Waals surface area contributed by atoms with Crippen LogP contribution in [0.4, 0.5) is 35.2 Å². The second kappa shape index (κ2) is 10.8. The maximum Gasteiger partial charge on any atom is 0.418 e. The van der Waals surface area contributed by atoms with Gasteiger partial charge in [-0.2, -0.15) is 22.8 Å². The molecule has 0 aliphatic carbocycles. The molecule has 0 aliphatic rings. The predicted molar refractivity (Wildman–Crippen MR) is 149 cm³/mol. The number of nitrogens with zero attached hydrogens (tertiary/aromatic N) is 3. The van der Waals surface area contributed by atoms with Gasteiger partial charge in [-0.05, 0) is 58.2 Å². The van der Waals surface area contributed by atoms with Crippen molar-refractivity contribution in [2.75, 3.05) is 16.0 Å². The van der Waals surface area contributed by atoms with Gasteiger partial charge in [-0.3, -0.25) is 0 Å². The third-order valence-electron chi connectivity index (χ3n) is 5.99. The van der Waals surface area contributed by atoms with Gasteiger partial charge in [-0.25, -0.2) is 9.78 Å². The Labute approximate surface area is 230 Å². The highest BCUT2D eigenvalue weighted by atomic mass is 79.9. The maximum absolute atomic E-state index is 13.3. The highest BCUT2D eigenvalue weighted by Crippen LogP contribution is 2.34. The van der Waals surface area contributed by atoms with Gasteiger partial charge in [-0.15, -0.1) is 0 Å². The van der Waals surface area contributed by atoms with Crippen LogP contribution in [0.3, 0.4) is 0 Å². The van der Waals surface area contributed by atoms with Gasteiger partial charge >= 0.3 is 12.2 Å². The van der Waals surface area contributed by atoms with Crippen molar-refractivity contribution in [3.05, 3.63) is 106 Å². The highest BCUT2D eigenvalue weighted by molar-refractivity contribution is 9.10. The minimum atomic E-state index is -4.59. The number of aromatic nitrogens is 3. The number of hydrogen-bond acceptors (Lipinski definition) is 4. The topological polar surface area (TPSA) is 83.3 Å². The Balaban J connectivity index is 1.33. The van der Waals surface area contributed by atoms with Crippen molar-refractivity contribution in [1.82, 2.24) is 14.6 Å². The Morgan fingerprint density at radius 1 is 0.974 bits per heavy atom. The van der Waals surface area contributed by atoms with E-state index in [1.807, 2.05) is 43.3 Å². The van der Waals surface area contributed by atoms with Crippen LogP contribution in [0.5, 0.6) is 0 Å². The highest BCUT2D eigenvalue weighted by Gasteiger charge is 2.33. The molecule has 0 saturated carbocycles. The molecule has 2 heterocycles. The summed E-state index contributed by atoms with van der Waals surface area (Å²) in [4.78, 5) is 17.2. The first kappa shape index (κ1) is 26.2. The lowest BCUT2D eigenvalue weighted by atomic mass is 10.1. The summed E-state index contributed by atoms with van der Waals surface area (Å²) in [5, 5.41) is 12.7. The molecule has 0 atom stereocenters. The van der Waals surface area contributed by atoms with Crippen LogP contribution in [-0.4, -0.2) is 20.6 Å². The zero-order valence-electron chi connectivity index (χ0n) is 20.6. The number of halogens is 4. The lowest BCUT2D eigenvalue weighted by molar-refractivity contribution is -0.136. The number of carbonyl (C=O) groups excluding carboxylic acids is 1. The van der Waals surface area contributed by atoms with E-state index in [9.17, 15) is 18.0 Å². The van der Waals surface area contributed by atoms with Crippen molar-refractivity contribution >= 4 is 44.8 Å². The van der Waals surface area contributed by atoms with E-state index in [2.05, 4.69) is 37.0 Å². The molecule has 7 nitrogen and oxygen atoms in total. The molecular weight excluding hydrogens is 573 g/mol. The molecule has 0 radical (unpaired) electrons. The van der Waals surface area contributed by atoms with Gasteiger partial charge < -0.3 is 16.0 Å². The Hall–Kier alpha value is -4.38. The van der Waals surface area contributed by atoms with E-state index < -0.39 is 17.8 Å². The van der Waals surface area contributed by atoms with Crippen LogP contribution in [0.2, 0.25) is 0 Å². The van der Waals surface area contributed by atoms with Crippen LogP contribution in [0.25, 0.3) is 16.9 Å². The Morgan fingerprint density at radius 3 is 2.54 bits per heavy atom. The van der Waals surface area contributed by atoms with Crippen molar-refractivity contribution < 1.29 is 18.0 Å². The average Bonchev–Trinajstić information content (AvgIpc) is 3.28. The molecular formula is C28H22BrF3N6O. The molecule has 39 heavy (non-hydrogen) atoms. The fourth-order valence-corrected chi connectivity index (χ4v) is 4.48. The first-order valence-corrected chi connectivity index (χ1v) is 12.7. The largest absolute Gasteiger partial charge is 0.418 e. The van der Waals surface area contributed by atoms with E-state index in [4.69, 9.17) is 4.98 Å². The van der Waals surface area contributed by atoms with Gasteiger partial charge in [0.1, 0.15) is 5.82 Å². The lowest BCUT2D eigenvalue weighted by Gasteiger charge is -2.15. The quantitative estimate of drug-likeness (QED) is 0.188. The summed E-state index contributed by atoms with van der Waals surface area (Å²) in [5.41, 5.74) is 3.55. The number of fused-ring (bicyclic) bond motifs is 1. The third kappa shape index (κ3) is 5.88. The van der Waals surface area contributed by atoms with Crippen LogP contribution >= 0.6 is 15.9 Å². The van der Waals surface area contributed by atoms with Crippen LogP contribution < -0.4 is 16.0 Å². The second-order valence-corrected chi connectivity index (χ2v) is 9.60. The molecule has 3 N–H and O–H groups in total. The van der Waals surface area contributed by atoms with Crippen LogP contribution in [0.15, 0.2) is 89.5 Å². The summed E-state index contributed by atoms with van der Waals surface area (Å²) in [6.07, 6.45) is -2.91. The Kier molecular flexibility index (Phi) is 7.25. The summed E-state index contributed by atoms with van der Waals surface area (Å²) in [7, 11) is 0. The van der Waals surface area contributed by atoms with Crippen molar-refractivity contribution in [2.24, 2.45) is 0 Å². The number of aryl methyl sites for hydroxylation is 1. The summed E-state index contributed by atoms with van der Waals surface area (Å²) in [6, 6.07) is 20.9. The standard InChI is InChI=1S/C28H22BrF3N6O/c1-17-7-2-3-10-20(17)24-14-25(38-26(36-24)22(29)16-34-38)33-15-18-8-6-9-19(13-18)35-27(39)37-23-12-5-4-11-21(23)28(30,31)32/h2-14,16,33H,15H2,1H3,(H2,35,37,39). The fourth-order valence-electron chi connectivity index (χ4n) is 4.14. The van der Waals surface area contributed by atoms with Gasteiger partial charge in [0, 0.05) is 23.9 Å². The number of amides is 2. The number of para-hydroxylation sites is 1. The van der Waals surface area contributed by atoms with E-state index in [0.717, 1.165) is 32.9 Å². The fraction of sp³-hybridized carbons (Fsp3) is 0.107. The number of carbonyl (C=O) groups is 1. The van der Waals surface area contributed by atoms with Crippen LogP contribution in [0, 0.1) is 6.92 Å². The Bertz CT molecular complexity index is 1670. The molecule has 0 aliphatic heterocycles. The summed E-state index contributed by atoms with van der Waals surface area (Å²) in [5.74, 6) is 0.712. The number of rotatable bonds is 6. The van der Waals surface area contributed by atoms with E-state index in [-0.39, 0.29) is 5.69 Å². The van der Waals surface area contributed by atoms with Gasteiger partial charge in [0.05, 0.1) is 27.6 Å². The van der Waals surface area contributed by atoms with E-state index >= 15 is 0 Å². The van der Waals surface area contributed by atoms with E-state index in [0.29, 0.717) is 23.7 Å². The molecule has 5 rings (SSSR count). The minimum absolute atomic E-state index is 0.322. The minimum Gasteiger partial charge on any atom is -0.366 e. The summed E-state index contributed by atoms with van der Waals surface area (Å²) in [6.45, 7) is 2.41. The molecule has 11 heteroatoms. The second-order valence-electron chi connectivity index (χ2n) is 8.75. The van der Waals surface area contributed by atoms with Crippen molar-refractivity contribution in [3.63, 3.8) is 0 Å².